The van der Waals surface area contributed by atoms with Crippen LogP contribution < -0.4 is 10.4 Å². The van der Waals surface area contributed by atoms with E-state index in [1.165, 1.54) is 56.6 Å². The number of aromatic hydroxyl groups is 1. The number of unbranched alkanes of at least 4 members (excludes halogenated alkanes) is 1. The van der Waals surface area contributed by atoms with Gasteiger partial charge in [-0.3, -0.25) is 9.59 Å². The summed E-state index contributed by atoms with van der Waals surface area (Å²) in [7, 11) is 1.32. The van der Waals surface area contributed by atoms with Gasteiger partial charge in [-0.25, -0.2) is 14.2 Å². The van der Waals surface area contributed by atoms with Crippen LogP contribution in [0.1, 0.15) is 47.2 Å². The van der Waals surface area contributed by atoms with Gasteiger partial charge < -0.3 is 19.0 Å². The van der Waals surface area contributed by atoms with Crippen molar-refractivity contribution in [2.75, 3.05) is 7.11 Å². The number of aromatic nitrogens is 1. The van der Waals surface area contributed by atoms with E-state index in [2.05, 4.69) is 9.72 Å². The third kappa shape index (κ3) is 7.47. The van der Waals surface area contributed by atoms with Gasteiger partial charge in [0.15, 0.2) is 5.78 Å². The standard InChI is InChI=1S/C26H24FNO7S/c1-16(13-20-15-28-26(36-20)35-18-11-9-17(27)10-12-18)24(31)23-21(29)14-19(34-25(23)32)7-5-3-4-6-8-22(30)33-2/h4,6,9-15,29H,3,5,7-8H2,1-2H3/b6-4+,16-13?. The van der Waals surface area contributed by atoms with Crippen molar-refractivity contribution in [1.29, 1.82) is 0 Å². The summed E-state index contributed by atoms with van der Waals surface area (Å²) < 4.78 is 28.4. The molecule has 3 aromatic rings. The third-order valence-electron chi connectivity index (χ3n) is 4.92. The second kappa shape index (κ2) is 12.6. The number of allylic oxidation sites excluding steroid dienone is 2. The number of nitrogens with zero attached hydrogens (tertiary/aromatic N) is 1. The van der Waals surface area contributed by atoms with Crippen LogP contribution in [0.5, 0.6) is 16.7 Å². The average Bonchev–Trinajstić information content (AvgIpc) is 3.28. The van der Waals surface area contributed by atoms with Crippen LogP contribution in [-0.2, 0) is 16.0 Å². The number of halogens is 1. The lowest BCUT2D eigenvalue weighted by Crippen LogP contribution is -2.16. The zero-order chi connectivity index (χ0) is 26.1. The van der Waals surface area contributed by atoms with Crippen molar-refractivity contribution in [1.82, 2.24) is 4.98 Å². The van der Waals surface area contributed by atoms with Gasteiger partial charge in [-0.1, -0.05) is 23.5 Å². The molecule has 0 aliphatic rings. The normalized spacial score (nSPS) is 11.6. The molecule has 0 bridgehead atoms. The van der Waals surface area contributed by atoms with Crippen molar-refractivity contribution in [3.05, 3.63) is 86.7 Å². The first-order chi connectivity index (χ1) is 17.3. The van der Waals surface area contributed by atoms with Gasteiger partial charge in [0.25, 0.3) is 5.19 Å². The fourth-order valence-corrected chi connectivity index (χ4v) is 3.89. The fourth-order valence-electron chi connectivity index (χ4n) is 3.10. The molecule has 0 aliphatic heterocycles. The van der Waals surface area contributed by atoms with E-state index in [4.69, 9.17) is 9.15 Å². The minimum Gasteiger partial charge on any atom is -0.507 e. The van der Waals surface area contributed by atoms with Gasteiger partial charge >= 0.3 is 11.6 Å². The van der Waals surface area contributed by atoms with Crippen LogP contribution in [0.25, 0.3) is 6.08 Å². The second-order valence-electron chi connectivity index (χ2n) is 7.65. The molecule has 0 amide bonds. The molecule has 2 heterocycles. The fraction of sp³-hybridized carbons (Fsp3) is 0.231. The number of esters is 1. The van der Waals surface area contributed by atoms with Gasteiger partial charge in [-0.2, -0.15) is 0 Å². The smallest absolute Gasteiger partial charge is 0.351 e. The minimum absolute atomic E-state index is 0.181. The number of thiazole rings is 1. The molecule has 1 aromatic carbocycles. The molecule has 36 heavy (non-hydrogen) atoms. The van der Waals surface area contributed by atoms with E-state index in [-0.39, 0.29) is 29.5 Å². The lowest BCUT2D eigenvalue weighted by Gasteiger charge is -2.05. The molecule has 0 spiro atoms. The van der Waals surface area contributed by atoms with Crippen molar-refractivity contribution in [2.24, 2.45) is 0 Å². The Kier molecular flexibility index (Phi) is 9.29. The predicted octanol–water partition coefficient (Wildman–Crippen LogP) is 5.46. The summed E-state index contributed by atoms with van der Waals surface area (Å²) >= 11 is 1.15. The number of ketones is 1. The molecule has 3 rings (SSSR count). The van der Waals surface area contributed by atoms with Gasteiger partial charge in [-0.05, 0) is 55.7 Å². The summed E-state index contributed by atoms with van der Waals surface area (Å²) in [5.41, 5.74) is -1.18. The molecule has 0 saturated heterocycles. The molecule has 0 atom stereocenters. The maximum absolute atomic E-state index is 13.0. The first kappa shape index (κ1) is 26.6. The lowest BCUT2D eigenvalue weighted by atomic mass is 10.0. The SMILES string of the molecule is COC(=O)C/C=C/CCCc1cc(O)c(C(=O)C(C)=Cc2cnc(Oc3ccc(F)cc3)s2)c(=O)o1. The molecule has 0 aliphatic carbocycles. The average molecular weight is 514 g/mol. The summed E-state index contributed by atoms with van der Waals surface area (Å²) in [6, 6.07) is 6.73. The Morgan fingerprint density at radius 1 is 1.22 bits per heavy atom. The van der Waals surface area contributed by atoms with Gasteiger partial charge in [0.2, 0.25) is 0 Å². The topological polar surface area (TPSA) is 116 Å². The van der Waals surface area contributed by atoms with Crippen molar-refractivity contribution < 1.29 is 33.0 Å². The third-order valence-corrected chi connectivity index (χ3v) is 5.74. The first-order valence-corrected chi connectivity index (χ1v) is 11.8. The molecular weight excluding hydrogens is 489 g/mol. The van der Waals surface area contributed by atoms with Gasteiger partial charge in [0.05, 0.1) is 18.4 Å². The van der Waals surface area contributed by atoms with E-state index in [0.29, 0.717) is 35.1 Å². The van der Waals surface area contributed by atoms with Gasteiger partial charge in [-0.15, -0.1) is 0 Å². The summed E-state index contributed by atoms with van der Waals surface area (Å²) in [4.78, 5) is 41.0. The second-order valence-corrected chi connectivity index (χ2v) is 8.67. The van der Waals surface area contributed by atoms with Crippen molar-refractivity contribution in [3.63, 3.8) is 0 Å². The highest BCUT2D eigenvalue weighted by Crippen LogP contribution is 2.29. The number of hydrogen-bond acceptors (Lipinski definition) is 9. The Bertz CT molecular complexity index is 1340. The maximum atomic E-state index is 13.0. The number of rotatable bonds is 11. The van der Waals surface area contributed by atoms with Crippen LogP contribution in [0.15, 0.2) is 63.5 Å². The molecule has 188 valence electrons. The minimum atomic E-state index is -0.923. The molecule has 0 fully saturated rings. The Morgan fingerprint density at radius 3 is 2.67 bits per heavy atom. The van der Waals surface area contributed by atoms with Crippen LogP contribution in [0.4, 0.5) is 4.39 Å². The van der Waals surface area contributed by atoms with Crippen LogP contribution in [0.3, 0.4) is 0 Å². The van der Waals surface area contributed by atoms with E-state index < -0.39 is 22.7 Å². The van der Waals surface area contributed by atoms with Crippen molar-refractivity contribution >= 4 is 29.2 Å². The molecule has 1 N–H and O–H groups in total. The van der Waals surface area contributed by atoms with Crippen LogP contribution in [0.2, 0.25) is 0 Å². The monoisotopic (exact) mass is 513 g/mol. The summed E-state index contributed by atoms with van der Waals surface area (Å²) in [6.45, 7) is 1.51. The Balaban J connectivity index is 1.63. The van der Waals surface area contributed by atoms with Gasteiger partial charge in [0.1, 0.15) is 28.6 Å². The van der Waals surface area contributed by atoms with E-state index >= 15 is 0 Å². The van der Waals surface area contributed by atoms with Crippen molar-refractivity contribution in [3.8, 4) is 16.7 Å². The summed E-state index contributed by atoms with van der Waals surface area (Å²) in [5.74, 6) is -1.18. The number of aryl methyl sites for hydroxylation is 1. The van der Waals surface area contributed by atoms with E-state index in [0.717, 1.165) is 11.3 Å². The summed E-state index contributed by atoms with van der Waals surface area (Å²) in [6.07, 6.45) is 8.31. The van der Waals surface area contributed by atoms with E-state index in [1.54, 1.807) is 6.08 Å². The molecular formula is C26H24FNO7S. The highest BCUT2D eigenvalue weighted by atomic mass is 32.1. The Morgan fingerprint density at radius 2 is 1.97 bits per heavy atom. The van der Waals surface area contributed by atoms with Crippen LogP contribution in [-0.4, -0.2) is 29.0 Å². The molecule has 8 nitrogen and oxygen atoms in total. The highest BCUT2D eigenvalue weighted by molar-refractivity contribution is 7.14. The Labute approximate surface area is 210 Å². The lowest BCUT2D eigenvalue weighted by molar-refractivity contribution is -0.139. The summed E-state index contributed by atoms with van der Waals surface area (Å²) in [5, 5.41) is 10.6. The highest BCUT2D eigenvalue weighted by Gasteiger charge is 2.20. The molecule has 0 saturated carbocycles. The zero-order valence-corrected chi connectivity index (χ0v) is 20.5. The molecule has 2 aromatic heterocycles. The quantitative estimate of drug-likeness (QED) is 0.118. The largest absolute Gasteiger partial charge is 0.507 e. The zero-order valence-electron chi connectivity index (χ0n) is 19.7. The number of methoxy groups -OCH3 is 1. The molecule has 0 unspecified atom stereocenters. The van der Waals surface area contributed by atoms with Crippen molar-refractivity contribution in [2.45, 2.75) is 32.6 Å². The van der Waals surface area contributed by atoms with Crippen LogP contribution >= 0.6 is 11.3 Å². The number of benzene rings is 1. The molecule has 0 radical (unpaired) electrons. The number of ether oxygens (including phenoxy) is 2. The number of carbonyl (C=O) groups is 2. The van der Waals surface area contributed by atoms with Gasteiger partial charge in [0, 0.05) is 18.7 Å². The number of carbonyl (C=O) groups excluding carboxylic acids is 2. The van der Waals surface area contributed by atoms with E-state index in [9.17, 15) is 23.9 Å². The maximum Gasteiger partial charge on any atom is 0.351 e. The molecule has 10 heteroatoms. The van der Waals surface area contributed by atoms with Crippen LogP contribution in [0, 0.1) is 5.82 Å². The van der Waals surface area contributed by atoms with E-state index in [1.807, 2.05) is 6.08 Å². The number of Topliss-reactive ketones (excluding diaryl/α,β-unsaturated/α-hetero) is 1. The predicted molar refractivity (Wildman–Crippen MR) is 132 cm³/mol. The number of hydrogen-bond donors (Lipinski definition) is 1. The Hall–Kier alpha value is -4.05. The first-order valence-electron chi connectivity index (χ1n) is 11.0.